The predicted molar refractivity (Wildman–Crippen MR) is 81.8 cm³/mol. The zero-order valence-corrected chi connectivity index (χ0v) is 13.0. The highest BCUT2D eigenvalue weighted by Gasteiger charge is 2.15. The van der Waals surface area contributed by atoms with Crippen LogP contribution in [0.4, 0.5) is 0 Å². The molecule has 5 heteroatoms. The summed E-state index contributed by atoms with van der Waals surface area (Å²) in [5.74, 6) is 0.422. The van der Waals surface area contributed by atoms with E-state index in [4.69, 9.17) is 16.6 Å². The van der Waals surface area contributed by atoms with E-state index in [1.165, 1.54) is 4.88 Å². The maximum Gasteiger partial charge on any atom is 0.142 e. The molecule has 0 aliphatic heterocycles. The highest BCUT2D eigenvalue weighted by Crippen LogP contribution is 2.31. The lowest BCUT2D eigenvalue weighted by molar-refractivity contribution is 0.714. The molecule has 2 aromatic heterocycles. The van der Waals surface area contributed by atoms with Crippen molar-refractivity contribution >= 4 is 22.9 Å². The molecule has 2 aromatic rings. The molecule has 0 spiro atoms. The molecule has 102 valence electrons. The number of nitrogens with one attached hydrogen (secondary N) is 1. The summed E-state index contributed by atoms with van der Waals surface area (Å²) < 4.78 is 0. The summed E-state index contributed by atoms with van der Waals surface area (Å²) in [6.07, 6.45) is 1.66. The van der Waals surface area contributed by atoms with Crippen LogP contribution in [0.3, 0.4) is 0 Å². The van der Waals surface area contributed by atoms with Gasteiger partial charge in [0.1, 0.15) is 5.01 Å². The van der Waals surface area contributed by atoms with Crippen molar-refractivity contribution in [2.75, 3.05) is 6.54 Å². The molecule has 0 unspecified atom stereocenters. The first-order valence-electron chi connectivity index (χ1n) is 6.44. The third-order valence-electron chi connectivity index (χ3n) is 2.76. The van der Waals surface area contributed by atoms with Gasteiger partial charge in [-0.3, -0.25) is 4.98 Å². The molecular formula is C14H18ClN3S. The van der Waals surface area contributed by atoms with E-state index in [1.807, 2.05) is 12.1 Å². The first-order valence-corrected chi connectivity index (χ1v) is 7.63. The van der Waals surface area contributed by atoms with Crippen molar-refractivity contribution in [3.8, 4) is 10.7 Å². The topological polar surface area (TPSA) is 37.8 Å². The summed E-state index contributed by atoms with van der Waals surface area (Å²) >= 11 is 7.57. The number of hydrogen-bond acceptors (Lipinski definition) is 4. The highest BCUT2D eigenvalue weighted by molar-refractivity contribution is 7.15. The number of halogens is 1. The van der Waals surface area contributed by atoms with E-state index in [1.54, 1.807) is 17.5 Å². The van der Waals surface area contributed by atoms with Crippen LogP contribution in [0.15, 0.2) is 18.3 Å². The molecule has 3 nitrogen and oxygen atoms in total. The van der Waals surface area contributed by atoms with Gasteiger partial charge in [0.05, 0.1) is 16.4 Å². The Bertz CT molecular complexity index is 534. The van der Waals surface area contributed by atoms with Crippen molar-refractivity contribution in [3.63, 3.8) is 0 Å². The number of pyridine rings is 1. The first-order chi connectivity index (χ1) is 9.11. The van der Waals surface area contributed by atoms with Crippen LogP contribution in [-0.2, 0) is 6.54 Å². The van der Waals surface area contributed by atoms with E-state index < -0.39 is 0 Å². The van der Waals surface area contributed by atoms with E-state index in [2.05, 4.69) is 31.1 Å². The molecule has 2 heterocycles. The zero-order chi connectivity index (χ0) is 13.8. The van der Waals surface area contributed by atoms with Crippen LogP contribution < -0.4 is 5.32 Å². The molecule has 0 atom stereocenters. The molecule has 0 bridgehead atoms. The average molecular weight is 296 g/mol. The quantitative estimate of drug-likeness (QED) is 0.903. The van der Waals surface area contributed by atoms with E-state index in [0.717, 1.165) is 29.5 Å². The minimum Gasteiger partial charge on any atom is -0.312 e. The van der Waals surface area contributed by atoms with Crippen LogP contribution >= 0.6 is 22.9 Å². The van der Waals surface area contributed by atoms with E-state index in [9.17, 15) is 0 Å². The van der Waals surface area contributed by atoms with Crippen molar-refractivity contribution in [2.24, 2.45) is 0 Å². The van der Waals surface area contributed by atoms with Gasteiger partial charge in [0.15, 0.2) is 0 Å². The van der Waals surface area contributed by atoms with Crippen molar-refractivity contribution in [1.82, 2.24) is 15.3 Å². The Kier molecular flexibility index (Phi) is 4.91. The largest absolute Gasteiger partial charge is 0.312 e. The molecular weight excluding hydrogens is 278 g/mol. The monoisotopic (exact) mass is 295 g/mol. The van der Waals surface area contributed by atoms with E-state index in [-0.39, 0.29) is 0 Å². The predicted octanol–water partition coefficient (Wildman–Crippen LogP) is 4.09. The second-order valence-corrected chi connectivity index (χ2v) is 6.14. The summed E-state index contributed by atoms with van der Waals surface area (Å²) in [6, 6.07) is 3.77. The smallest absolute Gasteiger partial charge is 0.142 e. The van der Waals surface area contributed by atoms with Crippen molar-refractivity contribution in [2.45, 2.75) is 33.2 Å². The van der Waals surface area contributed by atoms with Gasteiger partial charge in [0.2, 0.25) is 0 Å². The fourth-order valence-corrected chi connectivity index (χ4v) is 3.07. The molecule has 1 N–H and O–H groups in total. The average Bonchev–Trinajstić information content (AvgIpc) is 2.81. The Morgan fingerprint density at radius 2 is 2.16 bits per heavy atom. The molecule has 0 saturated heterocycles. The Morgan fingerprint density at radius 3 is 2.74 bits per heavy atom. The molecule has 2 rings (SSSR count). The number of nitrogens with zero attached hydrogens (tertiary/aromatic N) is 2. The van der Waals surface area contributed by atoms with Crippen LogP contribution in [0.2, 0.25) is 5.02 Å². The molecule has 0 aliphatic rings. The highest BCUT2D eigenvalue weighted by atomic mass is 35.5. The van der Waals surface area contributed by atoms with Gasteiger partial charge >= 0.3 is 0 Å². The maximum absolute atomic E-state index is 5.87. The van der Waals surface area contributed by atoms with Gasteiger partial charge in [-0.05, 0) is 24.6 Å². The number of thiazole rings is 1. The molecule has 19 heavy (non-hydrogen) atoms. The van der Waals surface area contributed by atoms with Gasteiger partial charge in [-0.15, -0.1) is 11.3 Å². The molecule has 0 fully saturated rings. The van der Waals surface area contributed by atoms with Gasteiger partial charge in [0.25, 0.3) is 0 Å². The SMILES string of the molecule is CCNCc1sc(-c2ccc(Cl)cn2)nc1C(C)C. The fraction of sp³-hybridized carbons (Fsp3) is 0.429. The van der Waals surface area contributed by atoms with Crippen molar-refractivity contribution in [3.05, 3.63) is 33.9 Å². The summed E-state index contributed by atoms with van der Waals surface area (Å²) in [5.41, 5.74) is 2.05. The summed E-state index contributed by atoms with van der Waals surface area (Å²) in [6.45, 7) is 8.28. The van der Waals surface area contributed by atoms with Crippen LogP contribution in [0, 0.1) is 0 Å². The van der Waals surface area contributed by atoms with E-state index in [0.29, 0.717) is 10.9 Å². The van der Waals surface area contributed by atoms with Gasteiger partial charge in [0, 0.05) is 17.6 Å². The Morgan fingerprint density at radius 1 is 1.37 bits per heavy atom. The van der Waals surface area contributed by atoms with Crippen molar-refractivity contribution < 1.29 is 0 Å². The fourth-order valence-electron chi connectivity index (χ4n) is 1.79. The van der Waals surface area contributed by atoms with Crippen LogP contribution in [0.1, 0.15) is 37.3 Å². The number of hydrogen-bond donors (Lipinski definition) is 1. The standard InChI is InChI=1S/C14H18ClN3S/c1-4-16-8-12-13(9(2)3)18-14(19-12)11-6-5-10(15)7-17-11/h5-7,9,16H,4,8H2,1-3H3. The van der Waals surface area contributed by atoms with Gasteiger partial charge < -0.3 is 5.32 Å². The first kappa shape index (κ1) is 14.4. The lowest BCUT2D eigenvalue weighted by Gasteiger charge is -2.04. The number of rotatable bonds is 5. The Hall–Kier alpha value is -0.970. The summed E-state index contributed by atoms with van der Waals surface area (Å²) in [4.78, 5) is 10.4. The molecule has 0 amide bonds. The zero-order valence-electron chi connectivity index (χ0n) is 11.4. The van der Waals surface area contributed by atoms with Gasteiger partial charge in [-0.25, -0.2) is 4.98 Å². The van der Waals surface area contributed by atoms with Crippen molar-refractivity contribution in [1.29, 1.82) is 0 Å². The van der Waals surface area contributed by atoms with E-state index >= 15 is 0 Å². The second-order valence-electron chi connectivity index (χ2n) is 4.62. The van der Waals surface area contributed by atoms with Crippen LogP contribution in [-0.4, -0.2) is 16.5 Å². The lowest BCUT2D eigenvalue weighted by Crippen LogP contribution is -2.12. The second kappa shape index (κ2) is 6.46. The van der Waals surface area contributed by atoms with Crippen LogP contribution in [0.5, 0.6) is 0 Å². The molecule has 0 aliphatic carbocycles. The minimum atomic E-state index is 0.422. The molecule has 0 radical (unpaired) electrons. The third-order valence-corrected chi connectivity index (χ3v) is 4.07. The minimum absolute atomic E-state index is 0.422. The Balaban J connectivity index is 2.33. The summed E-state index contributed by atoms with van der Waals surface area (Å²) in [7, 11) is 0. The Labute approximate surface area is 123 Å². The third kappa shape index (κ3) is 3.53. The number of aromatic nitrogens is 2. The molecule has 0 saturated carbocycles. The lowest BCUT2D eigenvalue weighted by atomic mass is 10.1. The van der Waals surface area contributed by atoms with Crippen LogP contribution in [0.25, 0.3) is 10.7 Å². The molecule has 0 aromatic carbocycles. The van der Waals surface area contributed by atoms with Gasteiger partial charge in [-0.1, -0.05) is 32.4 Å². The maximum atomic E-state index is 5.87. The van der Waals surface area contributed by atoms with Gasteiger partial charge in [-0.2, -0.15) is 0 Å². The summed E-state index contributed by atoms with van der Waals surface area (Å²) in [5, 5.41) is 4.98. The normalized spacial score (nSPS) is 11.2.